The van der Waals surface area contributed by atoms with Crippen LogP contribution in [0.25, 0.3) is 11.2 Å². The lowest BCUT2D eigenvalue weighted by Gasteiger charge is -2.24. The van der Waals surface area contributed by atoms with E-state index in [0.29, 0.717) is 26.3 Å². The number of halogens is 2. The van der Waals surface area contributed by atoms with Gasteiger partial charge in [0.2, 0.25) is 0 Å². The zero-order valence-corrected chi connectivity index (χ0v) is 14.9. The molecule has 5 atom stereocenters. The van der Waals surface area contributed by atoms with Crippen molar-refractivity contribution in [1.82, 2.24) is 19.5 Å². The predicted octanol–water partition coefficient (Wildman–Crippen LogP) is 2.80. The molecule has 0 amide bonds. The van der Waals surface area contributed by atoms with E-state index in [9.17, 15) is 0 Å². The Labute approximate surface area is 145 Å². The lowest BCUT2D eigenvalue weighted by molar-refractivity contribution is -0.156. The van der Waals surface area contributed by atoms with Gasteiger partial charge in [-0.2, -0.15) is 0 Å². The van der Waals surface area contributed by atoms with Crippen LogP contribution in [0.2, 0.25) is 5.15 Å². The van der Waals surface area contributed by atoms with E-state index in [1.165, 1.54) is 6.42 Å². The number of aromatic nitrogens is 4. The third-order valence-corrected chi connectivity index (χ3v) is 5.67. The summed E-state index contributed by atoms with van der Waals surface area (Å²) in [5, 5.41) is 0.402. The van der Waals surface area contributed by atoms with E-state index in [0.717, 1.165) is 5.65 Å². The summed E-state index contributed by atoms with van der Waals surface area (Å²) in [5.74, 6) is 0.652. The molecule has 0 aromatic carbocycles. The number of ether oxygens (including phenoxy) is 2. The van der Waals surface area contributed by atoms with Crippen molar-refractivity contribution in [2.45, 2.75) is 44.3 Å². The molecule has 6 nitrogen and oxygen atoms in total. The lowest BCUT2D eigenvalue weighted by atomic mass is 10.1. The Morgan fingerprint density at radius 1 is 1.27 bits per heavy atom. The van der Waals surface area contributed by atoms with E-state index in [-0.39, 0.29) is 18.2 Å². The van der Waals surface area contributed by atoms with Crippen LogP contribution in [0, 0.1) is 15.7 Å². The molecule has 2 aromatic heterocycles. The Morgan fingerprint density at radius 3 is 2.86 bits per heavy atom. The summed E-state index contributed by atoms with van der Waals surface area (Å²) in [7, 11) is 0. The molecule has 0 bridgehead atoms. The molecule has 0 radical (unpaired) electrons. The molecule has 3 heterocycles. The van der Waals surface area contributed by atoms with Gasteiger partial charge in [-0.1, -0.05) is 11.6 Å². The van der Waals surface area contributed by atoms with Crippen molar-refractivity contribution >= 4 is 45.4 Å². The van der Waals surface area contributed by atoms with Crippen molar-refractivity contribution in [3.8, 4) is 0 Å². The molecule has 2 aromatic rings. The minimum absolute atomic E-state index is 0.0579. The van der Waals surface area contributed by atoms with Crippen LogP contribution in [0.15, 0.2) is 6.33 Å². The average Bonchev–Trinajstić information content (AvgIpc) is 2.84. The zero-order chi connectivity index (χ0) is 15.2. The molecule has 5 rings (SSSR count). The fourth-order valence-electron chi connectivity index (χ4n) is 4.10. The van der Waals surface area contributed by atoms with E-state index in [1.54, 1.807) is 0 Å². The van der Waals surface area contributed by atoms with Crippen LogP contribution in [0.4, 0.5) is 0 Å². The summed E-state index contributed by atoms with van der Waals surface area (Å²) in [6, 6.07) is 0.212. The minimum Gasteiger partial charge on any atom is -0.344 e. The van der Waals surface area contributed by atoms with Crippen LogP contribution < -0.4 is 0 Å². The fourth-order valence-corrected chi connectivity index (χ4v) is 4.93. The molecule has 0 unspecified atom stereocenters. The molecule has 1 aliphatic heterocycles. The summed E-state index contributed by atoms with van der Waals surface area (Å²) in [6.45, 7) is 3.96. The molecule has 22 heavy (non-hydrogen) atoms. The molecule has 0 spiro atoms. The molecule has 3 fully saturated rings. The first kappa shape index (κ1) is 13.9. The summed E-state index contributed by atoms with van der Waals surface area (Å²) >= 11 is 8.28. The van der Waals surface area contributed by atoms with Crippen LogP contribution in [-0.4, -0.2) is 37.5 Å². The second-order valence-corrected chi connectivity index (χ2v) is 8.05. The topological polar surface area (TPSA) is 62.1 Å². The third kappa shape index (κ3) is 1.82. The van der Waals surface area contributed by atoms with E-state index in [2.05, 4.69) is 42.1 Å². The molecule has 3 aliphatic rings. The summed E-state index contributed by atoms with van der Waals surface area (Å²) < 4.78 is 15.0. The van der Waals surface area contributed by atoms with Gasteiger partial charge in [-0.3, -0.25) is 0 Å². The average molecular weight is 433 g/mol. The van der Waals surface area contributed by atoms with Crippen LogP contribution in [0.1, 0.15) is 26.3 Å². The van der Waals surface area contributed by atoms with Gasteiger partial charge in [0.05, 0.1) is 18.5 Å². The first-order valence-corrected chi connectivity index (χ1v) is 8.81. The van der Waals surface area contributed by atoms with Gasteiger partial charge in [-0.25, -0.2) is 15.0 Å². The maximum absolute atomic E-state index is 6.20. The molecule has 116 valence electrons. The maximum atomic E-state index is 6.20. The Morgan fingerprint density at radius 2 is 2.05 bits per heavy atom. The third-order valence-electron chi connectivity index (χ3n) is 4.92. The number of fused-ring (bicyclic) bond motifs is 4. The highest BCUT2D eigenvalue weighted by Crippen LogP contribution is 2.63. The van der Waals surface area contributed by atoms with Crippen LogP contribution in [0.3, 0.4) is 0 Å². The highest BCUT2D eigenvalue weighted by atomic mass is 127. The van der Waals surface area contributed by atoms with Gasteiger partial charge in [0.25, 0.3) is 0 Å². The number of rotatable bonds is 1. The normalized spacial score (nSPS) is 38.3. The molecular weight excluding hydrogens is 419 g/mol. The molecule has 2 saturated carbocycles. The van der Waals surface area contributed by atoms with Gasteiger partial charge in [0, 0.05) is 22.6 Å². The standard InChI is InChI=1S/C14H14ClIN4O2/c1-14(2)21-9-6-3-5(6)8(10(9)22-14)20-4-17-7-11(15)18-13(16)19-12(7)20/h4-6,8-10H,3H2,1-2H3/t5-,6+,8+,9+,10-/m0/s1. The van der Waals surface area contributed by atoms with Gasteiger partial charge in [-0.05, 0) is 32.1 Å². The highest BCUT2D eigenvalue weighted by molar-refractivity contribution is 14.1. The quantitative estimate of drug-likeness (QED) is 0.394. The molecule has 8 heteroatoms. The zero-order valence-electron chi connectivity index (χ0n) is 12.0. The monoisotopic (exact) mass is 432 g/mol. The maximum Gasteiger partial charge on any atom is 0.194 e. The second kappa shape index (κ2) is 4.31. The predicted molar refractivity (Wildman–Crippen MR) is 87.5 cm³/mol. The van der Waals surface area contributed by atoms with Crippen LogP contribution in [-0.2, 0) is 9.47 Å². The second-order valence-electron chi connectivity index (χ2n) is 6.73. The van der Waals surface area contributed by atoms with Crippen LogP contribution >= 0.6 is 34.2 Å². The highest BCUT2D eigenvalue weighted by Gasteiger charge is 2.66. The van der Waals surface area contributed by atoms with Crippen molar-refractivity contribution in [2.24, 2.45) is 11.8 Å². The summed E-state index contributed by atoms with van der Waals surface area (Å²) in [4.78, 5) is 13.1. The first-order chi connectivity index (χ1) is 10.4. The number of imidazole rings is 1. The Kier molecular flexibility index (Phi) is 2.72. The van der Waals surface area contributed by atoms with Crippen molar-refractivity contribution in [1.29, 1.82) is 0 Å². The van der Waals surface area contributed by atoms with E-state index in [1.807, 2.05) is 20.2 Å². The number of nitrogens with zero attached hydrogens (tertiary/aromatic N) is 4. The fraction of sp³-hybridized carbons (Fsp3) is 0.643. The number of hydrogen-bond acceptors (Lipinski definition) is 5. The van der Waals surface area contributed by atoms with Gasteiger partial charge >= 0.3 is 0 Å². The largest absolute Gasteiger partial charge is 0.344 e. The van der Waals surface area contributed by atoms with Crippen molar-refractivity contribution < 1.29 is 9.47 Å². The number of hydrogen-bond donors (Lipinski definition) is 0. The van der Waals surface area contributed by atoms with Gasteiger partial charge < -0.3 is 14.0 Å². The molecular formula is C14H14ClIN4O2. The Bertz CT molecular complexity index is 794. The summed E-state index contributed by atoms with van der Waals surface area (Å²) in [6.07, 6.45) is 3.24. The molecule has 2 aliphatic carbocycles. The van der Waals surface area contributed by atoms with Crippen molar-refractivity contribution in [2.75, 3.05) is 0 Å². The van der Waals surface area contributed by atoms with E-state index < -0.39 is 5.79 Å². The molecule has 0 N–H and O–H groups in total. The summed E-state index contributed by atoms with van der Waals surface area (Å²) in [5.41, 5.74) is 1.44. The SMILES string of the molecule is CC1(C)O[C@@H]2[C@@H]3C[C@@H]3[C@@H](n3cnc4c(Cl)nc(I)nc43)[C@@H]2O1. The Balaban J connectivity index is 1.63. The van der Waals surface area contributed by atoms with Gasteiger partial charge in [0.1, 0.15) is 11.6 Å². The molecule has 1 saturated heterocycles. The smallest absolute Gasteiger partial charge is 0.194 e. The van der Waals surface area contributed by atoms with Crippen molar-refractivity contribution in [3.05, 3.63) is 15.3 Å². The van der Waals surface area contributed by atoms with E-state index >= 15 is 0 Å². The van der Waals surface area contributed by atoms with Gasteiger partial charge in [0.15, 0.2) is 20.4 Å². The van der Waals surface area contributed by atoms with Gasteiger partial charge in [-0.15, -0.1) is 0 Å². The Hall–Kier alpha value is -0.510. The van der Waals surface area contributed by atoms with E-state index in [4.69, 9.17) is 21.1 Å². The lowest BCUT2D eigenvalue weighted by Crippen LogP contribution is -2.30. The minimum atomic E-state index is -0.515. The van der Waals surface area contributed by atoms with Crippen molar-refractivity contribution in [3.63, 3.8) is 0 Å². The first-order valence-electron chi connectivity index (χ1n) is 7.36. The van der Waals surface area contributed by atoms with Crippen LogP contribution in [0.5, 0.6) is 0 Å².